The van der Waals surface area contributed by atoms with Gasteiger partial charge in [0.05, 0.1) is 12.9 Å². The molecule has 1 fully saturated rings. The van der Waals surface area contributed by atoms with E-state index in [9.17, 15) is 14.8 Å². The third kappa shape index (κ3) is 4.19. The minimum atomic E-state index is -4.71. The molecule has 1 aliphatic heterocycles. The van der Waals surface area contributed by atoms with E-state index >= 15 is 0 Å². The van der Waals surface area contributed by atoms with E-state index in [-0.39, 0.29) is 29.6 Å². The number of aromatic nitrogens is 4. The zero-order valence-electron chi connectivity index (χ0n) is 13.4. The van der Waals surface area contributed by atoms with Crippen LogP contribution in [0.2, 0.25) is 0 Å². The van der Waals surface area contributed by atoms with Gasteiger partial charge in [-0.3, -0.25) is 9.09 Å². The summed E-state index contributed by atoms with van der Waals surface area (Å²) < 4.78 is 22.0. The minimum absolute atomic E-state index is 0. The van der Waals surface area contributed by atoms with Gasteiger partial charge in [-0.1, -0.05) is 0 Å². The van der Waals surface area contributed by atoms with Crippen LogP contribution in [0, 0.1) is 0 Å². The Kier molecular flexibility index (Phi) is 6.55. The number of rotatable bonds is 5. The van der Waals surface area contributed by atoms with Crippen LogP contribution in [-0.4, -0.2) is 101 Å². The first kappa shape index (κ1) is 20.6. The molecule has 0 amide bonds. The summed E-state index contributed by atoms with van der Waals surface area (Å²) >= 11 is 0. The Morgan fingerprint density at radius 3 is 2.68 bits per heavy atom. The van der Waals surface area contributed by atoms with Gasteiger partial charge < -0.3 is 30.1 Å². The second kappa shape index (κ2) is 7.92. The number of nitrogens with zero attached hydrogens (tertiary/aromatic N) is 4. The number of ether oxygens (including phenoxy) is 1. The number of aliphatic hydroxyl groups is 2. The number of hydrogen-bond acceptors (Lipinski definition) is 9. The van der Waals surface area contributed by atoms with Crippen molar-refractivity contribution in [2.45, 2.75) is 24.5 Å². The standard InChI is InChI=1S/C11H16N5O7P.Na/c1-12-9-6-10(14-3-13-9)16(4-15-6)11-8(18)7(17)5(23-11)2-22-24(19,20)21;/h3-5,7-8,11,17-18H,2H2,1H3,(H,12,13,14)(H2,19,20,21);/t5-,7-,8-,11-;/m1./s1. The van der Waals surface area contributed by atoms with E-state index in [1.54, 1.807) is 7.05 Å². The van der Waals surface area contributed by atoms with Crippen molar-refractivity contribution in [1.29, 1.82) is 0 Å². The number of nitrogens with one attached hydrogen (secondary N) is 1. The first-order valence-corrected chi connectivity index (χ1v) is 8.42. The van der Waals surface area contributed by atoms with E-state index in [1.807, 2.05) is 0 Å². The third-order valence-electron chi connectivity index (χ3n) is 3.61. The SMILES string of the molecule is CNc1ncnc2c1ncn2[C@@H]1O[C@H](COP(=O)(O)O)[C@@H](O)[C@H]1O.[Na]. The average Bonchev–Trinajstić information content (AvgIpc) is 3.07. The van der Waals surface area contributed by atoms with Gasteiger partial charge in [0.25, 0.3) is 0 Å². The number of anilines is 1. The van der Waals surface area contributed by atoms with Gasteiger partial charge in [0.15, 0.2) is 17.7 Å². The Balaban J connectivity index is 0.00000225. The predicted molar refractivity (Wildman–Crippen MR) is 84.5 cm³/mol. The van der Waals surface area contributed by atoms with Gasteiger partial charge in [-0.25, -0.2) is 19.5 Å². The molecule has 2 aromatic heterocycles. The summed E-state index contributed by atoms with van der Waals surface area (Å²) in [4.78, 5) is 29.7. The Morgan fingerprint density at radius 1 is 1.32 bits per heavy atom. The van der Waals surface area contributed by atoms with Crippen molar-refractivity contribution in [1.82, 2.24) is 19.5 Å². The zero-order chi connectivity index (χ0) is 17.5. The molecule has 0 aromatic carbocycles. The van der Waals surface area contributed by atoms with Gasteiger partial charge in [0, 0.05) is 36.6 Å². The van der Waals surface area contributed by atoms with Crippen LogP contribution in [0.1, 0.15) is 6.23 Å². The summed E-state index contributed by atoms with van der Waals surface area (Å²) in [5.41, 5.74) is 0.808. The van der Waals surface area contributed by atoms with Crippen LogP contribution >= 0.6 is 7.82 Å². The fourth-order valence-electron chi connectivity index (χ4n) is 2.49. The molecule has 1 aliphatic rings. The predicted octanol–water partition coefficient (Wildman–Crippen LogP) is -1.78. The molecule has 2 aromatic rings. The van der Waals surface area contributed by atoms with Crippen LogP contribution in [0.25, 0.3) is 11.2 Å². The maximum Gasteiger partial charge on any atom is 0.469 e. The molecule has 0 saturated carbocycles. The smallest absolute Gasteiger partial charge is 0.387 e. The van der Waals surface area contributed by atoms with Crippen molar-refractivity contribution in [3.8, 4) is 0 Å². The Labute approximate surface area is 163 Å². The summed E-state index contributed by atoms with van der Waals surface area (Å²) in [6.45, 7) is -0.581. The Morgan fingerprint density at radius 2 is 2.04 bits per heavy atom. The molecule has 133 valence electrons. The van der Waals surface area contributed by atoms with Gasteiger partial charge in [-0.05, 0) is 0 Å². The van der Waals surface area contributed by atoms with E-state index < -0.39 is 39.0 Å². The molecule has 3 rings (SSSR count). The molecule has 0 bridgehead atoms. The molecule has 25 heavy (non-hydrogen) atoms. The van der Waals surface area contributed by atoms with E-state index in [2.05, 4.69) is 24.8 Å². The maximum atomic E-state index is 10.8. The van der Waals surface area contributed by atoms with Crippen LogP contribution in [0.5, 0.6) is 0 Å². The van der Waals surface area contributed by atoms with Crippen molar-refractivity contribution in [3.63, 3.8) is 0 Å². The third-order valence-corrected chi connectivity index (χ3v) is 4.10. The fourth-order valence-corrected chi connectivity index (χ4v) is 2.83. The molecule has 12 nitrogen and oxygen atoms in total. The number of fused-ring (bicyclic) bond motifs is 1. The number of imidazole rings is 1. The van der Waals surface area contributed by atoms with Crippen molar-refractivity contribution in [3.05, 3.63) is 12.7 Å². The maximum absolute atomic E-state index is 10.8. The first-order valence-electron chi connectivity index (χ1n) is 6.89. The zero-order valence-corrected chi connectivity index (χ0v) is 16.3. The van der Waals surface area contributed by atoms with E-state index in [1.165, 1.54) is 17.2 Å². The summed E-state index contributed by atoms with van der Waals surface area (Å²) in [6, 6.07) is 0. The van der Waals surface area contributed by atoms with Crippen LogP contribution in [0.15, 0.2) is 12.7 Å². The summed E-state index contributed by atoms with van der Waals surface area (Å²) in [5.74, 6) is 0.480. The van der Waals surface area contributed by atoms with E-state index in [0.29, 0.717) is 17.0 Å². The van der Waals surface area contributed by atoms with Crippen molar-refractivity contribution in [2.75, 3.05) is 19.0 Å². The topological polar surface area (TPSA) is 172 Å². The summed E-state index contributed by atoms with van der Waals surface area (Å²) in [7, 11) is -3.05. The molecule has 0 spiro atoms. The minimum Gasteiger partial charge on any atom is -0.387 e. The molecule has 1 radical (unpaired) electrons. The normalized spacial score (nSPS) is 26.6. The number of aliphatic hydroxyl groups excluding tert-OH is 2. The van der Waals surface area contributed by atoms with Crippen LogP contribution < -0.4 is 5.32 Å². The molecule has 4 atom stereocenters. The van der Waals surface area contributed by atoms with Crippen LogP contribution in [0.4, 0.5) is 5.82 Å². The molecule has 0 unspecified atom stereocenters. The number of hydrogen-bond donors (Lipinski definition) is 5. The van der Waals surface area contributed by atoms with E-state index in [4.69, 9.17) is 14.5 Å². The van der Waals surface area contributed by atoms with Gasteiger partial charge in [-0.15, -0.1) is 0 Å². The summed E-state index contributed by atoms with van der Waals surface area (Å²) in [5, 5.41) is 23.0. The van der Waals surface area contributed by atoms with Gasteiger partial charge in [-0.2, -0.15) is 0 Å². The Bertz CT molecular complexity index is 785. The monoisotopic (exact) mass is 384 g/mol. The van der Waals surface area contributed by atoms with Gasteiger partial charge in [0.2, 0.25) is 0 Å². The number of phosphoric acid groups is 1. The van der Waals surface area contributed by atoms with Crippen molar-refractivity contribution < 1.29 is 33.8 Å². The molecular formula is C11H16N5NaO7P. The first-order chi connectivity index (χ1) is 11.3. The molecule has 14 heteroatoms. The van der Waals surface area contributed by atoms with Crippen molar-refractivity contribution in [2.24, 2.45) is 0 Å². The molecule has 0 aliphatic carbocycles. The fraction of sp³-hybridized carbons (Fsp3) is 0.545. The average molecular weight is 384 g/mol. The quantitative estimate of drug-likeness (QED) is 0.291. The molecular weight excluding hydrogens is 368 g/mol. The summed E-state index contributed by atoms with van der Waals surface area (Å²) in [6.07, 6.45) is -2.26. The van der Waals surface area contributed by atoms with E-state index in [0.717, 1.165) is 0 Å². The van der Waals surface area contributed by atoms with Crippen molar-refractivity contribution >= 4 is 54.4 Å². The van der Waals surface area contributed by atoms with Crippen LogP contribution in [0.3, 0.4) is 0 Å². The molecule has 5 N–H and O–H groups in total. The number of phosphoric ester groups is 1. The second-order valence-electron chi connectivity index (χ2n) is 5.13. The van der Waals surface area contributed by atoms with Crippen LogP contribution in [-0.2, 0) is 13.8 Å². The molecule has 3 heterocycles. The molecule has 1 saturated heterocycles. The van der Waals surface area contributed by atoms with Gasteiger partial charge in [0.1, 0.15) is 30.2 Å². The largest absolute Gasteiger partial charge is 0.469 e. The van der Waals surface area contributed by atoms with Gasteiger partial charge >= 0.3 is 7.82 Å². The Hall–Kier alpha value is -0.660. The second-order valence-corrected chi connectivity index (χ2v) is 6.37.